The van der Waals surface area contributed by atoms with Crippen molar-refractivity contribution in [2.75, 3.05) is 10.6 Å². The molecule has 0 radical (unpaired) electrons. The molecule has 1 aliphatic heterocycles. The van der Waals surface area contributed by atoms with Gasteiger partial charge in [-0.1, -0.05) is 0 Å². The molecule has 2 heterocycles. The molecule has 0 fully saturated rings. The third-order valence-electron chi connectivity index (χ3n) is 4.23. The van der Waals surface area contributed by atoms with Crippen molar-refractivity contribution in [2.45, 2.75) is 32.3 Å². The molecule has 140 valence electrons. The number of hydrogen-bond donors (Lipinski definition) is 2. The monoisotopic (exact) mass is 370 g/mol. The van der Waals surface area contributed by atoms with Gasteiger partial charge in [-0.25, -0.2) is 4.79 Å². The van der Waals surface area contributed by atoms with Crippen LogP contribution in [0, 0.1) is 10.1 Å². The van der Waals surface area contributed by atoms with Gasteiger partial charge in [-0.3, -0.25) is 25.2 Å². The van der Waals surface area contributed by atoms with Crippen LogP contribution in [-0.2, 0) is 21.6 Å². The number of nitrogens with one attached hydrogen (secondary N) is 2. The van der Waals surface area contributed by atoms with E-state index in [2.05, 4.69) is 15.6 Å². The molecule has 27 heavy (non-hydrogen) atoms. The summed E-state index contributed by atoms with van der Waals surface area (Å²) in [5, 5.41) is 16.5. The number of fused-ring (bicyclic) bond motifs is 1. The Balaban J connectivity index is 1.85. The standard InChI is InChI=1S/C18H18N4O5/c1-18(2)12-9-14(15(22(25)26)10-13(12)21-17(24)27-18)20-16(23)4-3-11-5-7-19-8-6-11/h5-10H,3-4H2,1-2H3,(H,20,23)(H,21,24). The summed E-state index contributed by atoms with van der Waals surface area (Å²) in [6, 6.07) is 6.31. The summed E-state index contributed by atoms with van der Waals surface area (Å²) >= 11 is 0. The Morgan fingerprint density at radius 3 is 2.70 bits per heavy atom. The smallest absolute Gasteiger partial charge is 0.412 e. The average molecular weight is 370 g/mol. The van der Waals surface area contributed by atoms with Crippen molar-refractivity contribution in [3.05, 3.63) is 57.9 Å². The minimum absolute atomic E-state index is 0.0614. The second kappa shape index (κ2) is 7.02. The Morgan fingerprint density at radius 2 is 2.04 bits per heavy atom. The lowest BCUT2D eigenvalue weighted by Gasteiger charge is -2.32. The van der Waals surface area contributed by atoms with Gasteiger partial charge in [-0.05, 0) is 44.0 Å². The lowest BCUT2D eigenvalue weighted by atomic mass is 9.93. The maximum absolute atomic E-state index is 12.3. The maximum atomic E-state index is 12.3. The maximum Gasteiger partial charge on any atom is 0.412 e. The first-order valence-electron chi connectivity index (χ1n) is 8.28. The molecule has 2 N–H and O–H groups in total. The third-order valence-corrected chi connectivity index (χ3v) is 4.23. The summed E-state index contributed by atoms with van der Waals surface area (Å²) in [7, 11) is 0. The van der Waals surface area contributed by atoms with Gasteiger partial charge >= 0.3 is 6.09 Å². The first-order chi connectivity index (χ1) is 12.8. The van der Waals surface area contributed by atoms with E-state index in [1.807, 2.05) is 0 Å². The molecule has 0 spiro atoms. The third kappa shape index (κ3) is 4.02. The fourth-order valence-electron chi connectivity index (χ4n) is 2.88. The molecular weight excluding hydrogens is 352 g/mol. The predicted octanol–water partition coefficient (Wildman–Crippen LogP) is 3.36. The Kier molecular flexibility index (Phi) is 4.76. The minimum Gasteiger partial charge on any atom is -0.438 e. The van der Waals surface area contributed by atoms with E-state index in [1.54, 1.807) is 38.4 Å². The van der Waals surface area contributed by atoms with E-state index in [0.717, 1.165) is 5.56 Å². The summed E-state index contributed by atoms with van der Waals surface area (Å²) < 4.78 is 5.23. The fraction of sp³-hybridized carbons (Fsp3) is 0.278. The van der Waals surface area contributed by atoms with E-state index in [4.69, 9.17) is 4.74 Å². The van der Waals surface area contributed by atoms with Crippen LogP contribution in [0.1, 0.15) is 31.4 Å². The summed E-state index contributed by atoms with van der Waals surface area (Å²) in [5.41, 5.74) is 0.547. The highest BCUT2D eigenvalue weighted by Crippen LogP contribution is 2.41. The topological polar surface area (TPSA) is 123 Å². The number of cyclic esters (lactones) is 1. The number of benzene rings is 1. The number of rotatable bonds is 5. The first-order valence-corrected chi connectivity index (χ1v) is 8.28. The largest absolute Gasteiger partial charge is 0.438 e. The second-order valence-corrected chi connectivity index (χ2v) is 6.60. The molecule has 0 unspecified atom stereocenters. The Hall–Kier alpha value is -3.49. The van der Waals surface area contributed by atoms with Crippen molar-refractivity contribution < 1.29 is 19.2 Å². The van der Waals surface area contributed by atoms with Crippen molar-refractivity contribution in [1.29, 1.82) is 0 Å². The SMILES string of the molecule is CC1(C)OC(=O)Nc2cc([N+](=O)[O-])c(NC(=O)CCc3ccncc3)cc21. The minimum atomic E-state index is -0.983. The molecule has 2 amide bonds. The average Bonchev–Trinajstić information content (AvgIpc) is 2.60. The molecule has 1 aromatic carbocycles. The van der Waals surface area contributed by atoms with Crippen LogP contribution >= 0.6 is 0 Å². The van der Waals surface area contributed by atoms with E-state index in [-0.39, 0.29) is 29.4 Å². The quantitative estimate of drug-likeness (QED) is 0.614. The number of ether oxygens (including phenoxy) is 1. The van der Waals surface area contributed by atoms with Crippen molar-refractivity contribution in [3.8, 4) is 0 Å². The molecule has 0 saturated carbocycles. The van der Waals surface area contributed by atoms with E-state index in [1.165, 1.54) is 12.1 Å². The van der Waals surface area contributed by atoms with Gasteiger partial charge in [0.1, 0.15) is 11.3 Å². The number of pyridine rings is 1. The number of aryl methyl sites for hydroxylation is 1. The van der Waals surface area contributed by atoms with Crippen LogP contribution in [-0.4, -0.2) is 21.9 Å². The number of carbonyl (C=O) groups is 2. The normalized spacial score (nSPS) is 14.5. The van der Waals surface area contributed by atoms with Crippen molar-refractivity contribution in [3.63, 3.8) is 0 Å². The number of aromatic nitrogens is 1. The van der Waals surface area contributed by atoms with Gasteiger partial charge < -0.3 is 10.1 Å². The highest BCUT2D eigenvalue weighted by molar-refractivity contribution is 5.96. The summed E-state index contributed by atoms with van der Waals surface area (Å²) in [4.78, 5) is 38.6. The predicted molar refractivity (Wildman–Crippen MR) is 97.4 cm³/mol. The van der Waals surface area contributed by atoms with E-state index in [9.17, 15) is 19.7 Å². The van der Waals surface area contributed by atoms with Crippen molar-refractivity contribution in [2.24, 2.45) is 0 Å². The second-order valence-electron chi connectivity index (χ2n) is 6.60. The van der Waals surface area contributed by atoms with E-state index >= 15 is 0 Å². The summed E-state index contributed by atoms with van der Waals surface area (Å²) in [6.45, 7) is 3.34. The number of nitro benzene ring substituents is 1. The molecule has 9 heteroatoms. The summed E-state index contributed by atoms with van der Waals surface area (Å²) in [6.07, 6.45) is 3.23. The number of amides is 2. The van der Waals surface area contributed by atoms with Gasteiger partial charge in [0.05, 0.1) is 10.6 Å². The number of hydrogen-bond acceptors (Lipinski definition) is 6. The van der Waals surface area contributed by atoms with Gasteiger partial charge in [0.15, 0.2) is 0 Å². The Bertz CT molecular complexity index is 911. The number of nitrogens with zero attached hydrogens (tertiary/aromatic N) is 2. The van der Waals surface area contributed by atoms with Crippen molar-refractivity contribution in [1.82, 2.24) is 4.98 Å². The van der Waals surface area contributed by atoms with Crippen molar-refractivity contribution >= 4 is 29.1 Å². The number of anilines is 2. The molecule has 3 rings (SSSR count). The van der Waals surface area contributed by atoms with Gasteiger partial charge in [0.2, 0.25) is 5.91 Å². The highest BCUT2D eigenvalue weighted by atomic mass is 16.6. The molecule has 1 aliphatic rings. The summed E-state index contributed by atoms with van der Waals surface area (Å²) in [5.74, 6) is -0.353. The lowest BCUT2D eigenvalue weighted by molar-refractivity contribution is -0.383. The zero-order valence-corrected chi connectivity index (χ0v) is 14.8. The first kappa shape index (κ1) is 18.3. The molecule has 0 bridgehead atoms. The molecule has 0 atom stereocenters. The molecule has 2 aromatic rings. The molecular formula is C18H18N4O5. The van der Waals surface area contributed by atoms with Crippen LogP contribution < -0.4 is 10.6 Å². The highest BCUT2D eigenvalue weighted by Gasteiger charge is 2.36. The van der Waals surface area contributed by atoms with Crippen LogP contribution in [0.3, 0.4) is 0 Å². The molecule has 0 aliphatic carbocycles. The van der Waals surface area contributed by atoms with Gasteiger partial charge in [0.25, 0.3) is 5.69 Å². The van der Waals surface area contributed by atoms with Crippen LogP contribution in [0.2, 0.25) is 0 Å². The number of nitro groups is 1. The van der Waals surface area contributed by atoms with Gasteiger partial charge in [0, 0.05) is 30.4 Å². The molecule has 0 saturated heterocycles. The van der Waals surface area contributed by atoms with Crippen LogP contribution in [0.5, 0.6) is 0 Å². The zero-order chi connectivity index (χ0) is 19.6. The van der Waals surface area contributed by atoms with E-state index in [0.29, 0.717) is 12.0 Å². The molecule has 1 aromatic heterocycles. The van der Waals surface area contributed by atoms with Crippen LogP contribution in [0.15, 0.2) is 36.7 Å². The van der Waals surface area contributed by atoms with Gasteiger partial charge in [-0.2, -0.15) is 0 Å². The fourth-order valence-corrected chi connectivity index (χ4v) is 2.88. The number of carbonyl (C=O) groups excluding carboxylic acids is 2. The Morgan fingerprint density at radius 1 is 1.33 bits per heavy atom. The lowest BCUT2D eigenvalue weighted by Crippen LogP contribution is -2.35. The zero-order valence-electron chi connectivity index (χ0n) is 14.8. The van der Waals surface area contributed by atoms with Gasteiger partial charge in [-0.15, -0.1) is 0 Å². The molecule has 9 nitrogen and oxygen atoms in total. The van der Waals surface area contributed by atoms with Crippen LogP contribution in [0.25, 0.3) is 0 Å². The Labute approximate surface area is 154 Å². The van der Waals surface area contributed by atoms with E-state index < -0.39 is 16.6 Å². The van der Waals surface area contributed by atoms with Crippen LogP contribution in [0.4, 0.5) is 21.9 Å².